The molecule has 0 saturated carbocycles. The summed E-state index contributed by atoms with van der Waals surface area (Å²) in [6.45, 7) is 1.56. The van der Waals surface area contributed by atoms with Gasteiger partial charge in [-0.05, 0) is 55.0 Å². The van der Waals surface area contributed by atoms with Crippen LogP contribution in [0.25, 0.3) is 0 Å². The predicted molar refractivity (Wildman–Crippen MR) is 107 cm³/mol. The molecule has 3 aromatic rings. The Morgan fingerprint density at radius 3 is 1.97 bits per heavy atom. The molecule has 0 radical (unpaired) electrons. The smallest absolute Gasteiger partial charge is 0.339 e. The van der Waals surface area contributed by atoms with Gasteiger partial charge in [-0.25, -0.2) is 4.79 Å². The Kier molecular flexibility index (Phi) is 5.79. The van der Waals surface area contributed by atoms with Gasteiger partial charge in [0, 0.05) is 11.1 Å². The van der Waals surface area contributed by atoms with E-state index in [0.29, 0.717) is 16.7 Å². The van der Waals surface area contributed by atoms with Gasteiger partial charge in [-0.3, -0.25) is 4.79 Å². The van der Waals surface area contributed by atoms with Gasteiger partial charge < -0.3 is 8.92 Å². The van der Waals surface area contributed by atoms with Crippen molar-refractivity contribution < 1.29 is 26.9 Å². The summed E-state index contributed by atoms with van der Waals surface area (Å²) in [7, 11) is -2.87. The molecule has 0 saturated heterocycles. The van der Waals surface area contributed by atoms with Gasteiger partial charge in [-0.15, -0.1) is 0 Å². The molecule has 0 bridgehead atoms. The molecule has 0 atom stereocenters. The third-order valence-corrected chi connectivity index (χ3v) is 5.63. The lowest BCUT2D eigenvalue weighted by molar-refractivity contribution is 0.0600. The zero-order valence-corrected chi connectivity index (χ0v) is 16.6. The molecule has 0 heterocycles. The summed E-state index contributed by atoms with van der Waals surface area (Å²) in [6.07, 6.45) is 0. The molecule has 0 aliphatic rings. The van der Waals surface area contributed by atoms with E-state index >= 15 is 0 Å². The van der Waals surface area contributed by atoms with Crippen LogP contribution in [0.2, 0.25) is 0 Å². The minimum atomic E-state index is -4.12. The summed E-state index contributed by atoms with van der Waals surface area (Å²) < 4.78 is 35.0. The number of carbonyl (C=O) groups excluding carboxylic acids is 2. The summed E-state index contributed by atoms with van der Waals surface area (Å²) in [5, 5.41) is 0. The first-order valence-electron chi connectivity index (χ1n) is 8.65. The highest BCUT2D eigenvalue weighted by Crippen LogP contribution is 2.23. The maximum atomic E-state index is 12.6. The molecule has 0 N–H and O–H groups in total. The molecule has 0 unspecified atom stereocenters. The molecule has 7 heteroatoms. The van der Waals surface area contributed by atoms with E-state index < -0.39 is 16.1 Å². The number of esters is 1. The molecule has 148 valence electrons. The minimum absolute atomic E-state index is 0.0606. The van der Waals surface area contributed by atoms with Gasteiger partial charge in [-0.1, -0.05) is 30.3 Å². The van der Waals surface area contributed by atoms with Gasteiger partial charge in [0.2, 0.25) is 0 Å². The van der Waals surface area contributed by atoms with Crippen LogP contribution in [-0.2, 0) is 14.9 Å². The van der Waals surface area contributed by atoms with Gasteiger partial charge in [0.15, 0.2) is 5.78 Å². The number of hydrogen-bond acceptors (Lipinski definition) is 6. The Labute approximate surface area is 168 Å². The molecule has 0 spiro atoms. The SMILES string of the molecule is COC(=O)c1ccc(S(=O)(=O)Oc2ccc(C(=O)c3ccccc3)cc2)c(C)c1. The number of benzene rings is 3. The van der Waals surface area contributed by atoms with E-state index in [1.165, 1.54) is 49.6 Å². The molecule has 0 aliphatic carbocycles. The number of ketones is 1. The van der Waals surface area contributed by atoms with Crippen molar-refractivity contribution in [2.45, 2.75) is 11.8 Å². The second kappa shape index (κ2) is 8.28. The van der Waals surface area contributed by atoms with Crippen molar-refractivity contribution in [1.29, 1.82) is 0 Å². The van der Waals surface area contributed by atoms with Crippen LogP contribution in [0, 0.1) is 6.92 Å². The number of methoxy groups -OCH3 is 1. The lowest BCUT2D eigenvalue weighted by atomic mass is 10.0. The van der Waals surface area contributed by atoms with Crippen molar-refractivity contribution in [2.75, 3.05) is 7.11 Å². The zero-order chi connectivity index (χ0) is 21.0. The van der Waals surface area contributed by atoms with Gasteiger partial charge in [-0.2, -0.15) is 8.42 Å². The Hall–Kier alpha value is -3.45. The number of rotatable bonds is 6. The summed E-state index contributed by atoms with van der Waals surface area (Å²) >= 11 is 0. The number of hydrogen-bond donors (Lipinski definition) is 0. The average Bonchev–Trinajstić information content (AvgIpc) is 2.73. The van der Waals surface area contributed by atoms with Crippen molar-refractivity contribution >= 4 is 21.9 Å². The minimum Gasteiger partial charge on any atom is -0.465 e. The average molecular weight is 410 g/mol. The van der Waals surface area contributed by atoms with Crippen LogP contribution in [0.15, 0.2) is 77.7 Å². The number of carbonyl (C=O) groups is 2. The van der Waals surface area contributed by atoms with Crippen molar-refractivity contribution in [3.63, 3.8) is 0 Å². The largest absolute Gasteiger partial charge is 0.465 e. The summed E-state index contributed by atoms with van der Waals surface area (Å²) in [5.74, 6) is -0.656. The fourth-order valence-electron chi connectivity index (χ4n) is 2.76. The van der Waals surface area contributed by atoms with Gasteiger partial charge >= 0.3 is 16.1 Å². The maximum absolute atomic E-state index is 12.6. The van der Waals surface area contributed by atoms with Gasteiger partial charge in [0.25, 0.3) is 0 Å². The first-order valence-corrected chi connectivity index (χ1v) is 10.1. The van der Waals surface area contributed by atoms with E-state index in [1.54, 1.807) is 31.2 Å². The number of aryl methyl sites for hydroxylation is 1. The maximum Gasteiger partial charge on any atom is 0.339 e. The Morgan fingerprint density at radius 2 is 1.38 bits per heavy atom. The van der Waals surface area contributed by atoms with Gasteiger partial charge in [0.1, 0.15) is 10.6 Å². The second-order valence-electron chi connectivity index (χ2n) is 6.23. The lowest BCUT2D eigenvalue weighted by Gasteiger charge is -2.11. The van der Waals surface area contributed by atoms with Crippen molar-refractivity contribution in [3.8, 4) is 5.75 Å². The third kappa shape index (κ3) is 4.52. The second-order valence-corrected chi connectivity index (χ2v) is 7.74. The molecule has 0 aliphatic heterocycles. The van der Waals surface area contributed by atoms with E-state index in [9.17, 15) is 18.0 Å². The van der Waals surface area contributed by atoms with E-state index in [1.807, 2.05) is 6.07 Å². The Bertz CT molecular complexity index is 1150. The van der Waals surface area contributed by atoms with Gasteiger partial charge in [0.05, 0.1) is 12.7 Å². The van der Waals surface area contributed by atoms with E-state index in [4.69, 9.17) is 4.18 Å². The molecule has 3 rings (SSSR count). The first-order chi connectivity index (χ1) is 13.8. The fourth-order valence-corrected chi connectivity index (χ4v) is 3.91. The molecule has 0 aromatic heterocycles. The quantitative estimate of drug-likeness (QED) is 0.349. The lowest BCUT2D eigenvalue weighted by Crippen LogP contribution is -2.12. The highest BCUT2D eigenvalue weighted by atomic mass is 32.2. The van der Waals surface area contributed by atoms with Crippen molar-refractivity contribution in [1.82, 2.24) is 0 Å². The first kappa shape index (κ1) is 20.3. The van der Waals surface area contributed by atoms with Crippen LogP contribution >= 0.6 is 0 Å². The van der Waals surface area contributed by atoms with Crippen molar-refractivity contribution in [2.24, 2.45) is 0 Å². The van der Waals surface area contributed by atoms with E-state index in [2.05, 4.69) is 4.74 Å². The van der Waals surface area contributed by atoms with Crippen LogP contribution in [-0.4, -0.2) is 27.3 Å². The molecule has 0 fully saturated rings. The Balaban J connectivity index is 1.80. The summed E-state index contributed by atoms with van der Waals surface area (Å²) in [4.78, 5) is 23.9. The number of ether oxygens (including phenoxy) is 1. The predicted octanol–water partition coefficient (Wildman–Crippen LogP) is 3.78. The normalized spacial score (nSPS) is 11.0. The van der Waals surface area contributed by atoms with Crippen LogP contribution in [0.4, 0.5) is 0 Å². The molecular weight excluding hydrogens is 392 g/mol. The van der Waals surface area contributed by atoms with Crippen LogP contribution < -0.4 is 4.18 Å². The van der Waals surface area contributed by atoms with Crippen LogP contribution in [0.3, 0.4) is 0 Å². The van der Waals surface area contributed by atoms with Crippen LogP contribution in [0.5, 0.6) is 5.75 Å². The fraction of sp³-hybridized carbons (Fsp3) is 0.0909. The monoisotopic (exact) mass is 410 g/mol. The van der Waals surface area contributed by atoms with E-state index in [-0.39, 0.29) is 22.0 Å². The molecule has 29 heavy (non-hydrogen) atoms. The molecule has 0 amide bonds. The standard InChI is InChI=1S/C22H18O6S/c1-15-14-18(22(24)27-2)10-13-20(15)29(25,26)28-19-11-8-17(9-12-19)21(23)16-6-4-3-5-7-16/h3-14H,1-2H3. The molecular formula is C22H18O6S. The zero-order valence-electron chi connectivity index (χ0n) is 15.8. The Morgan fingerprint density at radius 1 is 0.793 bits per heavy atom. The third-order valence-electron chi connectivity index (χ3n) is 4.22. The topological polar surface area (TPSA) is 86.7 Å². The highest BCUT2D eigenvalue weighted by molar-refractivity contribution is 7.87. The molecule has 6 nitrogen and oxygen atoms in total. The van der Waals surface area contributed by atoms with Crippen molar-refractivity contribution in [3.05, 3.63) is 95.1 Å². The van der Waals surface area contributed by atoms with Crippen LogP contribution in [0.1, 0.15) is 31.8 Å². The highest BCUT2D eigenvalue weighted by Gasteiger charge is 2.21. The van der Waals surface area contributed by atoms with E-state index in [0.717, 1.165) is 0 Å². The summed E-state index contributed by atoms with van der Waals surface area (Å²) in [6, 6.07) is 18.7. The molecule has 3 aromatic carbocycles. The summed E-state index contributed by atoms with van der Waals surface area (Å²) in [5.41, 5.74) is 1.55.